The van der Waals surface area contributed by atoms with Crippen molar-refractivity contribution < 1.29 is 12.8 Å². The molecule has 0 unspecified atom stereocenters. The maximum absolute atomic E-state index is 13.3. The van der Waals surface area contributed by atoms with Crippen LogP contribution in [0.4, 0.5) is 4.39 Å². The lowest BCUT2D eigenvalue weighted by molar-refractivity contribution is 0.579. The van der Waals surface area contributed by atoms with Crippen molar-refractivity contribution in [3.05, 3.63) is 112 Å². The van der Waals surface area contributed by atoms with Crippen molar-refractivity contribution in [3.63, 3.8) is 0 Å². The second-order valence-corrected chi connectivity index (χ2v) is 11.6. The van der Waals surface area contributed by atoms with Crippen LogP contribution in [-0.2, 0) is 22.3 Å². The molecular weight excluding hydrogens is 554 g/mol. The molecule has 0 saturated heterocycles. The zero-order valence-corrected chi connectivity index (χ0v) is 22.3. The van der Waals surface area contributed by atoms with Gasteiger partial charge in [0.2, 0.25) is 10.0 Å². The van der Waals surface area contributed by atoms with Crippen molar-refractivity contribution in [1.29, 1.82) is 0 Å². The van der Waals surface area contributed by atoms with E-state index in [2.05, 4.69) is 14.9 Å². The van der Waals surface area contributed by atoms with Gasteiger partial charge in [-0.2, -0.15) is 0 Å². The van der Waals surface area contributed by atoms with E-state index in [-0.39, 0.29) is 17.3 Å². The molecule has 0 bridgehead atoms. The molecule has 37 heavy (non-hydrogen) atoms. The number of halogens is 3. The number of rotatable bonds is 8. The lowest BCUT2D eigenvalue weighted by atomic mass is 10.1. The molecule has 1 aromatic heterocycles. The molecule has 5 rings (SSSR count). The molecule has 0 saturated carbocycles. The fourth-order valence-electron chi connectivity index (χ4n) is 3.80. The number of sulfonamides is 1. The number of hydrogen-bond donors (Lipinski definition) is 1. The van der Waals surface area contributed by atoms with Gasteiger partial charge in [-0.3, -0.25) is 4.57 Å². The highest BCUT2D eigenvalue weighted by molar-refractivity contribution is 7.98. The maximum atomic E-state index is 13.3. The van der Waals surface area contributed by atoms with Gasteiger partial charge in [0.1, 0.15) is 5.82 Å². The van der Waals surface area contributed by atoms with Gasteiger partial charge in [0.25, 0.3) is 0 Å². The third-order valence-electron chi connectivity index (χ3n) is 5.59. The molecule has 0 aliphatic heterocycles. The second-order valence-electron chi connectivity index (χ2n) is 8.05. The first-order chi connectivity index (χ1) is 17.8. The molecule has 0 aliphatic rings. The first kappa shape index (κ1) is 25.7. The highest BCUT2D eigenvalue weighted by Gasteiger charge is 2.22. The van der Waals surface area contributed by atoms with E-state index in [0.717, 1.165) is 10.9 Å². The van der Waals surface area contributed by atoms with Crippen LogP contribution in [-0.4, -0.2) is 23.2 Å². The van der Waals surface area contributed by atoms with E-state index in [9.17, 15) is 12.8 Å². The van der Waals surface area contributed by atoms with Gasteiger partial charge in [0.05, 0.1) is 22.2 Å². The maximum Gasteiger partial charge on any atom is 0.241 e. The average molecular weight is 574 g/mol. The Labute approximate surface area is 227 Å². The average Bonchev–Trinajstić information content (AvgIpc) is 3.31. The summed E-state index contributed by atoms with van der Waals surface area (Å²) in [6.45, 7) is -0.140. The minimum atomic E-state index is -3.88. The molecule has 1 heterocycles. The molecule has 0 aliphatic carbocycles. The van der Waals surface area contributed by atoms with Crippen LogP contribution in [0.2, 0.25) is 10.0 Å². The number of hydrogen-bond acceptors (Lipinski definition) is 5. The molecule has 1 N–H and O–H groups in total. The number of fused-ring (bicyclic) bond motifs is 1. The van der Waals surface area contributed by atoms with Gasteiger partial charge in [0.15, 0.2) is 11.0 Å². The molecule has 5 aromatic rings. The quantitative estimate of drug-likeness (QED) is 0.211. The first-order valence-corrected chi connectivity index (χ1v) is 14.3. The Kier molecular flexibility index (Phi) is 7.50. The summed E-state index contributed by atoms with van der Waals surface area (Å²) in [5, 5.41) is 11.3. The largest absolute Gasteiger partial charge is 0.271 e. The van der Waals surface area contributed by atoms with E-state index < -0.39 is 10.0 Å². The topological polar surface area (TPSA) is 76.9 Å². The Bertz CT molecular complexity index is 1690. The summed E-state index contributed by atoms with van der Waals surface area (Å²) in [5.41, 5.74) is 1.40. The van der Waals surface area contributed by atoms with Crippen molar-refractivity contribution in [2.24, 2.45) is 0 Å². The van der Waals surface area contributed by atoms with Crippen LogP contribution in [0.1, 0.15) is 11.4 Å². The standard InChI is InChI=1S/C26H19Cl2FN4O2S2/c27-19-10-13-22(28)23(14-19)33-25(31-32-26(33)36-16-17-8-11-20(29)12-9-17)15-30-37(34,35)24-7-3-5-18-4-1-2-6-21(18)24/h1-14,30H,15-16H2. The molecule has 6 nitrogen and oxygen atoms in total. The highest BCUT2D eigenvalue weighted by Crippen LogP contribution is 2.31. The fraction of sp³-hybridized carbons (Fsp3) is 0.0769. The second kappa shape index (κ2) is 10.8. The van der Waals surface area contributed by atoms with Crippen LogP contribution in [0.25, 0.3) is 16.5 Å². The van der Waals surface area contributed by atoms with Gasteiger partial charge < -0.3 is 0 Å². The SMILES string of the molecule is O=S(=O)(NCc1nnc(SCc2ccc(F)cc2)n1-c1cc(Cl)ccc1Cl)c1cccc2ccccc12. The van der Waals surface area contributed by atoms with Crippen molar-refractivity contribution >= 4 is 55.8 Å². The van der Waals surface area contributed by atoms with Crippen molar-refractivity contribution in [2.45, 2.75) is 22.3 Å². The summed E-state index contributed by atoms with van der Waals surface area (Å²) in [6, 6.07) is 23.5. The summed E-state index contributed by atoms with van der Waals surface area (Å²) in [5.74, 6) is 0.496. The Balaban J connectivity index is 1.47. The Morgan fingerprint density at radius 1 is 0.919 bits per heavy atom. The number of benzene rings is 4. The molecule has 0 radical (unpaired) electrons. The lowest BCUT2D eigenvalue weighted by Gasteiger charge is -2.14. The molecule has 0 spiro atoms. The number of aromatic nitrogens is 3. The number of nitrogens with zero attached hydrogens (tertiary/aromatic N) is 3. The smallest absolute Gasteiger partial charge is 0.241 e. The van der Waals surface area contributed by atoms with E-state index in [0.29, 0.717) is 37.9 Å². The van der Waals surface area contributed by atoms with Gasteiger partial charge in [-0.15, -0.1) is 10.2 Å². The zero-order chi connectivity index (χ0) is 26.0. The van der Waals surface area contributed by atoms with Crippen molar-refractivity contribution in [3.8, 4) is 5.69 Å². The minimum Gasteiger partial charge on any atom is -0.271 e. The predicted octanol–water partition coefficient (Wildman–Crippen LogP) is 6.64. The summed E-state index contributed by atoms with van der Waals surface area (Å²) < 4.78 is 44.2. The zero-order valence-electron chi connectivity index (χ0n) is 19.1. The number of nitrogens with one attached hydrogen (secondary N) is 1. The van der Waals surface area contributed by atoms with Gasteiger partial charge in [-0.25, -0.2) is 17.5 Å². The van der Waals surface area contributed by atoms with Crippen LogP contribution < -0.4 is 4.72 Å². The monoisotopic (exact) mass is 572 g/mol. The molecule has 4 aromatic carbocycles. The summed E-state index contributed by atoms with van der Waals surface area (Å²) in [7, 11) is -3.88. The van der Waals surface area contributed by atoms with E-state index in [1.807, 2.05) is 18.2 Å². The summed E-state index contributed by atoms with van der Waals surface area (Å²) >= 11 is 14.1. The molecule has 188 valence electrons. The van der Waals surface area contributed by atoms with Gasteiger partial charge in [-0.05, 0) is 47.3 Å². The number of thioether (sulfide) groups is 1. The molecule has 11 heteroatoms. The third kappa shape index (κ3) is 5.66. The van der Waals surface area contributed by atoms with Crippen LogP contribution in [0, 0.1) is 5.82 Å². The Morgan fingerprint density at radius 2 is 1.68 bits per heavy atom. The van der Waals surface area contributed by atoms with Crippen molar-refractivity contribution in [1.82, 2.24) is 19.5 Å². The molecule has 0 amide bonds. The van der Waals surface area contributed by atoms with Crippen LogP contribution >= 0.6 is 35.0 Å². The third-order valence-corrected chi connectivity index (χ3v) is 8.60. The normalized spacial score (nSPS) is 11.8. The van der Waals surface area contributed by atoms with Crippen molar-refractivity contribution in [2.75, 3.05) is 0 Å². The predicted molar refractivity (Wildman–Crippen MR) is 145 cm³/mol. The van der Waals surface area contributed by atoms with Gasteiger partial charge >= 0.3 is 0 Å². The lowest BCUT2D eigenvalue weighted by Crippen LogP contribution is -2.25. The highest BCUT2D eigenvalue weighted by atomic mass is 35.5. The molecule has 0 fully saturated rings. The molecule has 0 atom stereocenters. The van der Waals surface area contributed by atoms with Crippen LogP contribution in [0.3, 0.4) is 0 Å². The van der Waals surface area contributed by atoms with E-state index in [4.69, 9.17) is 23.2 Å². The summed E-state index contributed by atoms with van der Waals surface area (Å²) in [6.07, 6.45) is 0. The minimum absolute atomic E-state index is 0.140. The van der Waals surface area contributed by atoms with E-state index in [1.165, 1.54) is 23.9 Å². The Morgan fingerprint density at radius 3 is 2.49 bits per heavy atom. The van der Waals surface area contributed by atoms with Crippen LogP contribution in [0.5, 0.6) is 0 Å². The van der Waals surface area contributed by atoms with Crippen LogP contribution in [0.15, 0.2) is 95.0 Å². The molecular formula is C26H19Cl2FN4O2S2. The van der Waals surface area contributed by atoms with Gasteiger partial charge in [0, 0.05) is 16.2 Å². The van der Waals surface area contributed by atoms with E-state index >= 15 is 0 Å². The first-order valence-electron chi connectivity index (χ1n) is 11.1. The fourth-order valence-corrected chi connectivity index (χ4v) is 6.30. The van der Waals surface area contributed by atoms with E-state index in [1.54, 1.807) is 59.2 Å². The Hall–Kier alpha value is -2.95. The van der Waals surface area contributed by atoms with Gasteiger partial charge in [-0.1, -0.05) is 83.5 Å². The summed E-state index contributed by atoms with van der Waals surface area (Å²) in [4.78, 5) is 0.170.